The van der Waals surface area contributed by atoms with Crippen molar-refractivity contribution in [1.29, 1.82) is 0 Å². The van der Waals surface area contributed by atoms with Gasteiger partial charge >= 0.3 is 0 Å². The number of aromatic nitrogens is 3. The number of rotatable bonds is 7. The molecular formula is C32H24ClF2N5O2S. The van der Waals surface area contributed by atoms with E-state index in [1.165, 1.54) is 33.5 Å². The molecular weight excluding hydrogens is 592 g/mol. The molecule has 11 heteroatoms. The third-order valence-electron chi connectivity index (χ3n) is 6.98. The third-order valence-corrected chi connectivity index (χ3v) is 8.53. The lowest BCUT2D eigenvalue weighted by Gasteiger charge is -2.23. The largest absolute Gasteiger partial charge is 0.350 e. The summed E-state index contributed by atoms with van der Waals surface area (Å²) in [5.74, 6) is -2.02. The van der Waals surface area contributed by atoms with Crippen molar-refractivity contribution in [1.82, 2.24) is 20.1 Å². The Kier molecular flexibility index (Phi) is 8.22. The van der Waals surface area contributed by atoms with Crippen molar-refractivity contribution in [3.8, 4) is 16.9 Å². The first-order valence-corrected chi connectivity index (χ1v) is 14.8. The smallest absolute Gasteiger partial charge is 0.240 e. The van der Waals surface area contributed by atoms with Gasteiger partial charge in [0.2, 0.25) is 11.8 Å². The normalized spacial score (nSPS) is 14.7. The summed E-state index contributed by atoms with van der Waals surface area (Å²) in [7, 11) is 0. The topological polar surface area (TPSA) is 80.1 Å². The molecule has 0 bridgehead atoms. The quantitative estimate of drug-likeness (QED) is 0.231. The molecule has 43 heavy (non-hydrogen) atoms. The number of pyridine rings is 1. The fourth-order valence-corrected chi connectivity index (χ4v) is 6.42. The number of halogens is 3. The number of amides is 2. The van der Waals surface area contributed by atoms with Gasteiger partial charge in [-0.2, -0.15) is 5.10 Å². The van der Waals surface area contributed by atoms with E-state index in [2.05, 4.69) is 10.3 Å². The average molecular weight is 616 g/mol. The van der Waals surface area contributed by atoms with Gasteiger partial charge in [-0.25, -0.2) is 13.5 Å². The maximum Gasteiger partial charge on any atom is 0.240 e. The Morgan fingerprint density at radius 1 is 1.02 bits per heavy atom. The zero-order valence-corrected chi connectivity index (χ0v) is 24.2. The Morgan fingerprint density at radius 2 is 1.81 bits per heavy atom. The molecule has 0 saturated carbocycles. The van der Waals surface area contributed by atoms with Crippen molar-refractivity contribution in [3.63, 3.8) is 0 Å². The number of para-hydroxylation sites is 1. The number of carbonyl (C=O) groups is 2. The van der Waals surface area contributed by atoms with Gasteiger partial charge in [0.05, 0.1) is 27.4 Å². The minimum Gasteiger partial charge on any atom is -0.350 e. The second kappa shape index (κ2) is 12.4. The first kappa shape index (κ1) is 28.6. The molecule has 0 aliphatic carbocycles. The highest BCUT2D eigenvalue weighted by molar-refractivity contribution is 8.00. The number of thioether (sulfide) groups is 1. The van der Waals surface area contributed by atoms with E-state index in [0.717, 1.165) is 11.6 Å². The van der Waals surface area contributed by atoms with Crippen LogP contribution in [0, 0.1) is 11.6 Å². The maximum atomic E-state index is 15.4. The van der Waals surface area contributed by atoms with Crippen LogP contribution in [0.5, 0.6) is 0 Å². The summed E-state index contributed by atoms with van der Waals surface area (Å²) in [5.41, 5.74) is 3.17. The average Bonchev–Trinajstić information content (AvgIpc) is 3.34. The lowest BCUT2D eigenvalue weighted by Crippen LogP contribution is -2.42. The number of anilines is 1. The summed E-state index contributed by atoms with van der Waals surface area (Å²) in [4.78, 5) is 32.5. The highest BCUT2D eigenvalue weighted by Crippen LogP contribution is 2.49. The van der Waals surface area contributed by atoms with Crippen LogP contribution in [0.4, 0.5) is 14.6 Å². The highest BCUT2D eigenvalue weighted by atomic mass is 35.5. The minimum atomic E-state index is -0.755. The number of hydrogen-bond acceptors (Lipinski definition) is 5. The summed E-state index contributed by atoms with van der Waals surface area (Å²) < 4.78 is 30.9. The Balaban J connectivity index is 1.54. The van der Waals surface area contributed by atoms with Gasteiger partial charge in [0.1, 0.15) is 24.0 Å². The van der Waals surface area contributed by atoms with Crippen molar-refractivity contribution in [2.75, 3.05) is 17.2 Å². The van der Waals surface area contributed by atoms with Gasteiger partial charge in [0, 0.05) is 41.7 Å². The summed E-state index contributed by atoms with van der Waals surface area (Å²) >= 11 is 7.84. The van der Waals surface area contributed by atoms with Crippen LogP contribution in [0.25, 0.3) is 16.9 Å². The van der Waals surface area contributed by atoms with Gasteiger partial charge < -0.3 is 5.32 Å². The Hall–Kier alpha value is -4.54. The fourth-order valence-electron chi connectivity index (χ4n) is 4.98. The van der Waals surface area contributed by atoms with Crippen molar-refractivity contribution >= 4 is 41.0 Å². The van der Waals surface area contributed by atoms with Gasteiger partial charge in [0.25, 0.3) is 0 Å². The monoisotopic (exact) mass is 615 g/mol. The molecule has 7 nitrogen and oxygen atoms in total. The summed E-state index contributed by atoms with van der Waals surface area (Å²) in [6.07, 6.45) is 3.29. The van der Waals surface area contributed by atoms with Crippen LogP contribution < -0.4 is 10.2 Å². The van der Waals surface area contributed by atoms with E-state index in [1.807, 2.05) is 36.4 Å². The molecule has 3 aromatic carbocycles. The molecule has 5 aromatic rings. The second-order valence-corrected chi connectivity index (χ2v) is 11.3. The number of hydrogen-bond donors (Lipinski definition) is 1. The number of nitrogens with zero attached hydrogens (tertiary/aromatic N) is 4. The number of carbonyl (C=O) groups excluding carboxylic acids is 2. The molecule has 1 N–H and O–H groups in total. The standard InChI is InChI=1S/C32H24ClF2N5O2S/c33-24-10-4-5-11-26(24)40-32-29(30(38-40)21-8-2-1-3-9-21)31(23-13-12-22(34)15-25(23)35)43-19-28(42)39(32)18-27(41)37-17-20-7-6-14-36-16-20/h1-16,31H,17-19H2,(H,37,41)/t31-/m1/s1. The predicted molar refractivity (Wildman–Crippen MR) is 163 cm³/mol. The molecule has 2 amide bonds. The van der Waals surface area contributed by atoms with Gasteiger partial charge in [-0.3, -0.25) is 19.5 Å². The molecule has 1 aliphatic rings. The molecule has 0 spiro atoms. The third kappa shape index (κ3) is 5.89. The van der Waals surface area contributed by atoms with Crippen molar-refractivity contribution in [2.45, 2.75) is 11.8 Å². The van der Waals surface area contributed by atoms with Gasteiger partial charge in [-0.05, 0) is 29.8 Å². The predicted octanol–water partition coefficient (Wildman–Crippen LogP) is 6.35. The summed E-state index contributed by atoms with van der Waals surface area (Å²) in [6.45, 7) is -0.103. The van der Waals surface area contributed by atoms with Crippen molar-refractivity contribution < 1.29 is 18.4 Å². The molecule has 0 fully saturated rings. The van der Waals surface area contributed by atoms with E-state index in [0.29, 0.717) is 27.5 Å². The molecule has 6 rings (SSSR count). The minimum absolute atomic E-state index is 0.0667. The van der Waals surface area contributed by atoms with E-state index >= 15 is 4.39 Å². The van der Waals surface area contributed by atoms with Crippen LogP contribution in [0.15, 0.2) is 97.3 Å². The molecule has 1 atom stereocenters. The molecule has 216 valence electrons. The SMILES string of the molecule is O=C(CN1C(=O)CS[C@H](c2ccc(F)cc2F)c2c(-c3ccccc3)nn(-c3ccccc3Cl)c21)NCc1cccnc1. The zero-order valence-electron chi connectivity index (χ0n) is 22.6. The van der Waals surface area contributed by atoms with E-state index in [4.69, 9.17) is 16.7 Å². The number of fused-ring (bicyclic) bond motifs is 1. The molecule has 0 unspecified atom stereocenters. The Morgan fingerprint density at radius 3 is 2.56 bits per heavy atom. The molecule has 1 aliphatic heterocycles. The Labute approximate surface area is 255 Å². The van der Waals surface area contributed by atoms with E-state index in [-0.39, 0.29) is 36.1 Å². The van der Waals surface area contributed by atoms with E-state index in [9.17, 15) is 14.0 Å². The molecule has 0 saturated heterocycles. The van der Waals surface area contributed by atoms with Crippen molar-refractivity contribution in [3.05, 3.63) is 131 Å². The van der Waals surface area contributed by atoms with Crippen LogP contribution in [0.3, 0.4) is 0 Å². The van der Waals surface area contributed by atoms with E-state index in [1.54, 1.807) is 42.7 Å². The molecule has 2 aromatic heterocycles. The van der Waals surface area contributed by atoms with Crippen molar-refractivity contribution in [2.24, 2.45) is 0 Å². The van der Waals surface area contributed by atoms with Gasteiger partial charge in [-0.15, -0.1) is 11.8 Å². The number of benzene rings is 3. The van der Waals surface area contributed by atoms with Crippen LogP contribution in [-0.2, 0) is 16.1 Å². The van der Waals surface area contributed by atoms with Crippen LogP contribution >= 0.6 is 23.4 Å². The first-order valence-electron chi connectivity index (χ1n) is 13.4. The number of nitrogens with one attached hydrogen (secondary N) is 1. The first-order chi connectivity index (χ1) is 20.9. The van der Waals surface area contributed by atoms with Crippen LogP contribution in [0.1, 0.15) is 21.9 Å². The molecule has 3 heterocycles. The van der Waals surface area contributed by atoms with Gasteiger partial charge in [0.15, 0.2) is 0 Å². The maximum absolute atomic E-state index is 15.4. The highest BCUT2D eigenvalue weighted by Gasteiger charge is 2.38. The second-order valence-electron chi connectivity index (χ2n) is 9.79. The fraction of sp³-hybridized carbons (Fsp3) is 0.125. The lowest BCUT2D eigenvalue weighted by molar-refractivity contribution is -0.123. The zero-order chi connectivity index (χ0) is 29.9. The summed E-state index contributed by atoms with van der Waals surface area (Å²) in [5, 5.41) is 7.39. The lowest BCUT2D eigenvalue weighted by atomic mass is 9.99. The van der Waals surface area contributed by atoms with Crippen LogP contribution in [-0.4, -0.2) is 38.9 Å². The Bertz CT molecular complexity index is 1800. The van der Waals surface area contributed by atoms with Crippen LogP contribution in [0.2, 0.25) is 5.02 Å². The van der Waals surface area contributed by atoms with E-state index < -0.39 is 22.8 Å². The molecule has 0 radical (unpaired) electrons. The van der Waals surface area contributed by atoms with Gasteiger partial charge in [-0.1, -0.05) is 66.2 Å². The summed E-state index contributed by atoms with van der Waals surface area (Å²) in [6, 6.07) is 23.3.